The number of hydrogen-bond donors (Lipinski definition) is 2. The molecule has 6 heteroatoms. The van der Waals surface area contributed by atoms with E-state index in [1.54, 1.807) is 24.3 Å². The van der Waals surface area contributed by atoms with Crippen LogP contribution in [0.4, 0.5) is 13.2 Å². The molecular weight excluding hydrogens is 295 g/mol. The number of carbonyl (C=O) groups excluding carboxylic acids is 1. The summed E-state index contributed by atoms with van der Waals surface area (Å²) in [5, 5.41) is 11.8. The number of aryl methyl sites for hydroxylation is 1. The van der Waals surface area contributed by atoms with E-state index >= 15 is 0 Å². The molecule has 0 aromatic heterocycles. The molecule has 116 valence electrons. The molecule has 0 fully saturated rings. The molecule has 1 atom stereocenters. The van der Waals surface area contributed by atoms with Crippen molar-refractivity contribution in [2.75, 3.05) is 6.61 Å². The van der Waals surface area contributed by atoms with E-state index in [0.717, 1.165) is 17.7 Å². The third kappa shape index (κ3) is 3.46. The summed E-state index contributed by atoms with van der Waals surface area (Å²) in [6.07, 6.45) is 0. The van der Waals surface area contributed by atoms with Gasteiger partial charge in [-0.2, -0.15) is 0 Å². The highest BCUT2D eigenvalue weighted by atomic mass is 19.2. The maximum atomic E-state index is 13.2. The number of aliphatic hydroxyl groups excluding tert-OH is 1. The second-order valence-corrected chi connectivity index (χ2v) is 4.87. The van der Waals surface area contributed by atoms with Crippen molar-refractivity contribution in [2.45, 2.75) is 13.0 Å². The monoisotopic (exact) mass is 309 g/mol. The third-order valence-corrected chi connectivity index (χ3v) is 3.21. The van der Waals surface area contributed by atoms with Crippen LogP contribution in [0.1, 0.15) is 27.5 Å². The van der Waals surface area contributed by atoms with Crippen molar-refractivity contribution in [3.63, 3.8) is 0 Å². The van der Waals surface area contributed by atoms with Crippen LogP contribution in [0.15, 0.2) is 36.4 Å². The molecule has 0 bridgehead atoms. The average Bonchev–Trinajstić information content (AvgIpc) is 2.50. The molecule has 0 saturated carbocycles. The van der Waals surface area contributed by atoms with Crippen LogP contribution in [-0.2, 0) is 0 Å². The van der Waals surface area contributed by atoms with Crippen molar-refractivity contribution in [3.8, 4) is 0 Å². The van der Waals surface area contributed by atoms with E-state index in [4.69, 9.17) is 0 Å². The smallest absolute Gasteiger partial charge is 0.251 e. The molecule has 1 amide bonds. The Hall–Kier alpha value is -2.34. The summed E-state index contributed by atoms with van der Waals surface area (Å²) in [4.78, 5) is 12.1. The van der Waals surface area contributed by atoms with Crippen LogP contribution in [0, 0.1) is 24.4 Å². The lowest BCUT2D eigenvalue weighted by Crippen LogP contribution is -2.31. The molecule has 0 heterocycles. The summed E-state index contributed by atoms with van der Waals surface area (Å²) < 4.78 is 39.4. The van der Waals surface area contributed by atoms with E-state index in [2.05, 4.69) is 5.32 Å². The molecule has 0 aliphatic heterocycles. The van der Waals surface area contributed by atoms with Gasteiger partial charge in [0.2, 0.25) is 0 Å². The Bertz CT molecular complexity index is 663. The second-order valence-electron chi connectivity index (χ2n) is 4.87. The molecule has 2 N–H and O–H groups in total. The zero-order valence-electron chi connectivity index (χ0n) is 11.7. The van der Waals surface area contributed by atoms with E-state index in [-0.39, 0.29) is 5.56 Å². The van der Waals surface area contributed by atoms with Crippen LogP contribution in [0.2, 0.25) is 0 Å². The van der Waals surface area contributed by atoms with E-state index in [1.165, 1.54) is 0 Å². The predicted octanol–water partition coefficient (Wildman–Crippen LogP) is 2.88. The van der Waals surface area contributed by atoms with Gasteiger partial charge in [-0.25, -0.2) is 13.2 Å². The Morgan fingerprint density at radius 1 is 1.14 bits per heavy atom. The van der Waals surface area contributed by atoms with Crippen molar-refractivity contribution in [3.05, 3.63) is 70.5 Å². The fraction of sp³-hybridized carbons (Fsp3) is 0.188. The Kier molecular flexibility index (Phi) is 4.82. The number of rotatable bonds is 4. The van der Waals surface area contributed by atoms with Crippen LogP contribution in [0.25, 0.3) is 0 Å². The number of halogens is 3. The zero-order chi connectivity index (χ0) is 16.3. The molecule has 2 aromatic rings. The summed E-state index contributed by atoms with van der Waals surface area (Å²) in [6, 6.07) is 7.10. The highest BCUT2D eigenvalue weighted by molar-refractivity contribution is 5.94. The standard InChI is InChI=1S/C16H14F3NO2/c1-9-2-4-10(5-3-9)16(22)20-14(8-21)11-6-12(17)15(19)13(18)7-11/h2-7,14,21H,8H2,1H3,(H,20,22). The molecule has 0 saturated heterocycles. The van der Waals surface area contributed by atoms with E-state index < -0.39 is 36.0 Å². The number of hydrogen-bond acceptors (Lipinski definition) is 2. The normalized spacial score (nSPS) is 12.0. The van der Waals surface area contributed by atoms with Crippen LogP contribution in [0.5, 0.6) is 0 Å². The summed E-state index contributed by atoms with van der Waals surface area (Å²) in [7, 11) is 0. The lowest BCUT2D eigenvalue weighted by molar-refractivity contribution is 0.0916. The fourth-order valence-corrected chi connectivity index (χ4v) is 1.96. The first-order valence-corrected chi connectivity index (χ1v) is 6.55. The van der Waals surface area contributed by atoms with Crippen molar-refractivity contribution in [1.29, 1.82) is 0 Å². The van der Waals surface area contributed by atoms with Gasteiger partial charge < -0.3 is 10.4 Å². The molecule has 22 heavy (non-hydrogen) atoms. The van der Waals surface area contributed by atoms with E-state index in [1.807, 2.05) is 6.92 Å². The number of aliphatic hydroxyl groups is 1. The van der Waals surface area contributed by atoms with Gasteiger partial charge >= 0.3 is 0 Å². The maximum Gasteiger partial charge on any atom is 0.251 e. The highest BCUT2D eigenvalue weighted by Crippen LogP contribution is 2.19. The van der Waals surface area contributed by atoms with Crippen molar-refractivity contribution < 1.29 is 23.1 Å². The molecular formula is C16H14F3NO2. The minimum atomic E-state index is -1.59. The van der Waals surface area contributed by atoms with Gasteiger partial charge in [-0.05, 0) is 36.8 Å². The van der Waals surface area contributed by atoms with Crippen molar-refractivity contribution >= 4 is 5.91 Å². The number of carbonyl (C=O) groups is 1. The van der Waals surface area contributed by atoms with Crippen molar-refractivity contribution in [1.82, 2.24) is 5.32 Å². The van der Waals surface area contributed by atoms with Gasteiger partial charge in [-0.1, -0.05) is 17.7 Å². The van der Waals surface area contributed by atoms with Gasteiger partial charge in [0, 0.05) is 5.56 Å². The van der Waals surface area contributed by atoms with Gasteiger partial charge in [0.15, 0.2) is 17.5 Å². The fourth-order valence-electron chi connectivity index (χ4n) is 1.96. The summed E-state index contributed by atoms with van der Waals surface area (Å²) in [5.41, 5.74) is 1.25. The molecule has 2 rings (SSSR count). The first kappa shape index (κ1) is 16.0. The Morgan fingerprint density at radius 2 is 1.68 bits per heavy atom. The van der Waals surface area contributed by atoms with Crippen molar-refractivity contribution in [2.24, 2.45) is 0 Å². The topological polar surface area (TPSA) is 49.3 Å². The Balaban J connectivity index is 2.22. The molecule has 0 aliphatic carbocycles. The zero-order valence-corrected chi connectivity index (χ0v) is 11.7. The molecule has 3 nitrogen and oxygen atoms in total. The van der Waals surface area contributed by atoms with Crippen LogP contribution >= 0.6 is 0 Å². The molecule has 2 aromatic carbocycles. The largest absolute Gasteiger partial charge is 0.394 e. The summed E-state index contributed by atoms with van der Waals surface area (Å²) >= 11 is 0. The molecule has 0 spiro atoms. The lowest BCUT2D eigenvalue weighted by atomic mass is 10.1. The molecule has 0 radical (unpaired) electrons. The van der Waals surface area contributed by atoms with Gasteiger partial charge in [-0.15, -0.1) is 0 Å². The van der Waals surface area contributed by atoms with Crippen LogP contribution in [-0.4, -0.2) is 17.6 Å². The minimum Gasteiger partial charge on any atom is -0.394 e. The first-order valence-electron chi connectivity index (χ1n) is 6.55. The minimum absolute atomic E-state index is 0.0561. The van der Waals surface area contributed by atoms with Gasteiger partial charge in [0.1, 0.15) is 0 Å². The number of nitrogens with one attached hydrogen (secondary N) is 1. The van der Waals surface area contributed by atoms with Gasteiger partial charge in [-0.3, -0.25) is 4.79 Å². The van der Waals surface area contributed by atoms with E-state index in [9.17, 15) is 23.1 Å². The summed E-state index contributed by atoms with van der Waals surface area (Å²) in [5.74, 6) is -4.86. The Morgan fingerprint density at radius 3 is 2.18 bits per heavy atom. The number of amides is 1. The SMILES string of the molecule is Cc1ccc(C(=O)NC(CO)c2cc(F)c(F)c(F)c2)cc1. The van der Waals surface area contributed by atoms with E-state index in [0.29, 0.717) is 5.56 Å². The molecule has 0 aliphatic rings. The summed E-state index contributed by atoms with van der Waals surface area (Å²) in [6.45, 7) is 1.28. The first-order chi connectivity index (χ1) is 10.4. The van der Waals surface area contributed by atoms with Gasteiger partial charge in [0.05, 0.1) is 12.6 Å². The third-order valence-electron chi connectivity index (χ3n) is 3.21. The average molecular weight is 309 g/mol. The van der Waals surface area contributed by atoms with Crippen LogP contribution < -0.4 is 5.32 Å². The predicted molar refractivity (Wildman–Crippen MR) is 74.8 cm³/mol. The quantitative estimate of drug-likeness (QED) is 0.853. The maximum absolute atomic E-state index is 13.2. The second kappa shape index (κ2) is 6.62. The lowest BCUT2D eigenvalue weighted by Gasteiger charge is -2.17. The van der Waals surface area contributed by atoms with Gasteiger partial charge in [0.25, 0.3) is 5.91 Å². The molecule has 1 unspecified atom stereocenters. The Labute approximate surface area is 125 Å². The van der Waals surface area contributed by atoms with Crippen LogP contribution in [0.3, 0.4) is 0 Å². The number of benzene rings is 2. The highest BCUT2D eigenvalue weighted by Gasteiger charge is 2.19.